The first-order valence-electron chi connectivity index (χ1n) is 5.97. The van der Waals surface area contributed by atoms with E-state index >= 15 is 0 Å². The number of nitrogens with one attached hydrogen (secondary N) is 1. The highest BCUT2D eigenvalue weighted by Crippen LogP contribution is 2.23. The predicted octanol–water partition coefficient (Wildman–Crippen LogP) is 2.65. The van der Waals surface area contributed by atoms with Crippen LogP contribution in [0.1, 0.15) is 39.7 Å². The zero-order chi connectivity index (χ0) is 12.0. The largest absolute Gasteiger partial charge is 0.474 e. The zero-order valence-corrected chi connectivity index (χ0v) is 10.6. The topological polar surface area (TPSA) is 47.0 Å². The Labute approximate surface area is 97.5 Å². The van der Waals surface area contributed by atoms with E-state index in [1.54, 1.807) is 6.33 Å². The van der Waals surface area contributed by atoms with Crippen molar-refractivity contribution >= 4 is 5.82 Å². The first kappa shape index (κ1) is 12.7. The zero-order valence-electron chi connectivity index (χ0n) is 10.6. The van der Waals surface area contributed by atoms with Crippen molar-refractivity contribution in [1.82, 2.24) is 9.97 Å². The molecule has 0 saturated carbocycles. The lowest BCUT2D eigenvalue weighted by atomic mass is 10.2. The predicted molar refractivity (Wildman–Crippen MR) is 66.0 cm³/mol. The fourth-order valence-corrected chi connectivity index (χ4v) is 1.41. The summed E-state index contributed by atoms with van der Waals surface area (Å²) in [7, 11) is 0. The van der Waals surface area contributed by atoms with Gasteiger partial charge in [-0.25, -0.2) is 9.97 Å². The molecular formula is C12H21N3O. The number of rotatable bonds is 6. The minimum absolute atomic E-state index is 0.190. The van der Waals surface area contributed by atoms with E-state index in [2.05, 4.69) is 43.0 Å². The molecule has 0 saturated heterocycles. The summed E-state index contributed by atoms with van der Waals surface area (Å²) >= 11 is 0. The number of aromatic nitrogens is 2. The molecule has 0 fully saturated rings. The fraction of sp³-hybridized carbons (Fsp3) is 0.667. The average molecular weight is 223 g/mol. The lowest BCUT2D eigenvalue weighted by Crippen LogP contribution is -2.14. The Kier molecular flexibility index (Phi) is 5.02. The molecule has 0 aliphatic carbocycles. The minimum atomic E-state index is 0.190. The summed E-state index contributed by atoms with van der Waals surface area (Å²) in [4.78, 5) is 8.44. The van der Waals surface area contributed by atoms with Gasteiger partial charge in [0.25, 0.3) is 0 Å². The van der Waals surface area contributed by atoms with Gasteiger partial charge in [-0.05, 0) is 26.7 Å². The molecule has 1 atom stereocenters. The summed E-state index contributed by atoms with van der Waals surface area (Å²) < 4.78 is 5.78. The molecule has 1 heterocycles. The first-order valence-corrected chi connectivity index (χ1v) is 5.97. The van der Waals surface area contributed by atoms with Crippen molar-refractivity contribution in [2.24, 2.45) is 0 Å². The molecule has 1 N–H and O–H groups in total. The van der Waals surface area contributed by atoms with E-state index < -0.39 is 0 Å². The van der Waals surface area contributed by atoms with Crippen molar-refractivity contribution in [2.75, 3.05) is 11.9 Å². The SMILES string of the molecule is CCNc1ncnc(OC(C)CC)c1CC. The van der Waals surface area contributed by atoms with Crippen LogP contribution < -0.4 is 10.1 Å². The van der Waals surface area contributed by atoms with Crippen molar-refractivity contribution in [2.45, 2.75) is 46.6 Å². The van der Waals surface area contributed by atoms with Crippen molar-refractivity contribution in [3.8, 4) is 5.88 Å². The summed E-state index contributed by atoms with van der Waals surface area (Å²) in [6, 6.07) is 0. The maximum Gasteiger partial charge on any atom is 0.222 e. The van der Waals surface area contributed by atoms with Crippen LogP contribution in [0.15, 0.2) is 6.33 Å². The molecule has 0 aliphatic heterocycles. The van der Waals surface area contributed by atoms with Gasteiger partial charge in [0.05, 0.1) is 11.7 Å². The van der Waals surface area contributed by atoms with Gasteiger partial charge in [0.1, 0.15) is 12.1 Å². The maximum absolute atomic E-state index is 5.78. The second-order valence-electron chi connectivity index (χ2n) is 3.73. The van der Waals surface area contributed by atoms with Crippen LogP contribution in [0.5, 0.6) is 5.88 Å². The number of hydrogen-bond acceptors (Lipinski definition) is 4. The van der Waals surface area contributed by atoms with Gasteiger partial charge in [-0.3, -0.25) is 0 Å². The maximum atomic E-state index is 5.78. The monoisotopic (exact) mass is 223 g/mol. The third kappa shape index (κ3) is 3.08. The van der Waals surface area contributed by atoms with Crippen LogP contribution >= 0.6 is 0 Å². The second-order valence-corrected chi connectivity index (χ2v) is 3.73. The van der Waals surface area contributed by atoms with Crippen LogP contribution in [0, 0.1) is 0 Å². The molecule has 1 unspecified atom stereocenters. The van der Waals surface area contributed by atoms with Crippen LogP contribution in [0.25, 0.3) is 0 Å². The van der Waals surface area contributed by atoms with E-state index in [1.807, 2.05) is 0 Å². The van der Waals surface area contributed by atoms with Gasteiger partial charge >= 0.3 is 0 Å². The second kappa shape index (κ2) is 6.30. The highest BCUT2D eigenvalue weighted by atomic mass is 16.5. The molecule has 1 aromatic rings. The normalized spacial score (nSPS) is 12.2. The number of nitrogens with zero attached hydrogens (tertiary/aromatic N) is 2. The van der Waals surface area contributed by atoms with Gasteiger partial charge in [0.2, 0.25) is 5.88 Å². The van der Waals surface area contributed by atoms with Crippen molar-refractivity contribution in [3.63, 3.8) is 0 Å². The smallest absolute Gasteiger partial charge is 0.222 e. The molecule has 0 bridgehead atoms. The van der Waals surface area contributed by atoms with E-state index in [-0.39, 0.29) is 6.10 Å². The van der Waals surface area contributed by atoms with Gasteiger partial charge in [-0.2, -0.15) is 0 Å². The van der Waals surface area contributed by atoms with E-state index in [0.29, 0.717) is 5.88 Å². The molecule has 4 heteroatoms. The molecule has 0 amide bonds. The number of anilines is 1. The van der Waals surface area contributed by atoms with Crippen LogP contribution in [0.4, 0.5) is 5.82 Å². The van der Waals surface area contributed by atoms with Gasteiger partial charge in [-0.1, -0.05) is 13.8 Å². The van der Waals surface area contributed by atoms with Gasteiger partial charge in [0.15, 0.2) is 0 Å². The van der Waals surface area contributed by atoms with E-state index in [0.717, 1.165) is 30.8 Å². The highest BCUT2D eigenvalue weighted by Gasteiger charge is 2.12. The molecule has 0 aromatic carbocycles. The first-order chi connectivity index (χ1) is 7.72. The molecule has 16 heavy (non-hydrogen) atoms. The Morgan fingerprint density at radius 3 is 2.62 bits per heavy atom. The van der Waals surface area contributed by atoms with Crippen LogP contribution in [0.2, 0.25) is 0 Å². The van der Waals surface area contributed by atoms with Crippen molar-refractivity contribution in [3.05, 3.63) is 11.9 Å². The van der Waals surface area contributed by atoms with Gasteiger partial charge < -0.3 is 10.1 Å². The molecular weight excluding hydrogens is 202 g/mol. The van der Waals surface area contributed by atoms with Gasteiger partial charge in [0, 0.05) is 6.54 Å². The minimum Gasteiger partial charge on any atom is -0.474 e. The Hall–Kier alpha value is -1.32. The lowest BCUT2D eigenvalue weighted by Gasteiger charge is -2.16. The Bertz CT molecular complexity index is 328. The van der Waals surface area contributed by atoms with E-state index in [1.165, 1.54) is 0 Å². The molecule has 0 radical (unpaired) electrons. The van der Waals surface area contributed by atoms with Crippen LogP contribution in [0.3, 0.4) is 0 Å². The highest BCUT2D eigenvalue weighted by molar-refractivity contribution is 5.48. The molecule has 4 nitrogen and oxygen atoms in total. The summed E-state index contributed by atoms with van der Waals surface area (Å²) in [5, 5.41) is 3.23. The average Bonchev–Trinajstić information content (AvgIpc) is 2.29. The molecule has 0 spiro atoms. The molecule has 0 aliphatic rings. The molecule has 1 aromatic heterocycles. The fourth-order valence-electron chi connectivity index (χ4n) is 1.41. The number of hydrogen-bond donors (Lipinski definition) is 1. The third-order valence-corrected chi connectivity index (χ3v) is 2.49. The lowest BCUT2D eigenvalue weighted by molar-refractivity contribution is 0.206. The standard InChI is InChI=1S/C12H21N3O/c1-5-9(4)16-12-10(6-2)11(13-7-3)14-8-15-12/h8-9H,5-7H2,1-4H3,(H,13,14,15). The Balaban J connectivity index is 2.94. The third-order valence-electron chi connectivity index (χ3n) is 2.49. The van der Waals surface area contributed by atoms with Crippen molar-refractivity contribution < 1.29 is 4.74 Å². The summed E-state index contributed by atoms with van der Waals surface area (Å²) in [6.45, 7) is 9.14. The van der Waals surface area contributed by atoms with Crippen molar-refractivity contribution in [1.29, 1.82) is 0 Å². The quantitative estimate of drug-likeness (QED) is 0.805. The molecule has 90 valence electrons. The number of ether oxygens (including phenoxy) is 1. The van der Waals surface area contributed by atoms with E-state index in [9.17, 15) is 0 Å². The Morgan fingerprint density at radius 2 is 2.06 bits per heavy atom. The summed E-state index contributed by atoms with van der Waals surface area (Å²) in [5.74, 6) is 1.60. The summed E-state index contributed by atoms with van der Waals surface area (Å²) in [6.07, 6.45) is 3.59. The van der Waals surface area contributed by atoms with E-state index in [4.69, 9.17) is 4.74 Å². The summed E-state index contributed by atoms with van der Waals surface area (Å²) in [5.41, 5.74) is 1.06. The van der Waals surface area contributed by atoms with Crippen LogP contribution in [-0.2, 0) is 6.42 Å². The molecule has 1 rings (SSSR count). The van der Waals surface area contributed by atoms with Gasteiger partial charge in [-0.15, -0.1) is 0 Å². The Morgan fingerprint density at radius 1 is 1.31 bits per heavy atom. The van der Waals surface area contributed by atoms with Crippen LogP contribution in [-0.4, -0.2) is 22.6 Å².